The molecule has 4 aromatic rings. The van der Waals surface area contributed by atoms with E-state index in [-0.39, 0.29) is 30.9 Å². The van der Waals surface area contributed by atoms with Gasteiger partial charge in [0, 0.05) is 35.1 Å². The van der Waals surface area contributed by atoms with Crippen molar-refractivity contribution in [2.75, 3.05) is 35.6 Å². The van der Waals surface area contributed by atoms with Crippen LogP contribution in [0.5, 0.6) is 6.01 Å². The molecule has 1 aromatic heterocycles. The molecule has 2 saturated carbocycles. The minimum absolute atomic E-state index is 0.0152. The minimum atomic E-state index is -4.60. The Balaban J connectivity index is 1.03. The van der Waals surface area contributed by atoms with Crippen LogP contribution in [-0.2, 0) is 15.1 Å². The molecule has 0 saturated heterocycles. The number of para-hydroxylation sites is 1. The van der Waals surface area contributed by atoms with E-state index >= 15 is 0 Å². The van der Waals surface area contributed by atoms with Crippen molar-refractivity contribution in [3.63, 3.8) is 0 Å². The molecule has 0 atom stereocenters. The maximum absolute atomic E-state index is 13.0. The van der Waals surface area contributed by atoms with Crippen molar-refractivity contribution in [2.24, 2.45) is 5.41 Å². The van der Waals surface area contributed by atoms with E-state index in [1.54, 1.807) is 42.5 Å². The molecule has 3 amide bonds. The first kappa shape index (κ1) is 37.3. The van der Waals surface area contributed by atoms with E-state index in [9.17, 15) is 27.6 Å². The fraction of sp³-hybridized carbons (Fsp3) is 0.351. The summed E-state index contributed by atoms with van der Waals surface area (Å²) in [6.07, 6.45) is -1.01. The molecule has 12 nitrogen and oxygen atoms in total. The van der Waals surface area contributed by atoms with Gasteiger partial charge in [0.15, 0.2) is 6.61 Å². The van der Waals surface area contributed by atoms with Gasteiger partial charge in [0.1, 0.15) is 0 Å². The lowest BCUT2D eigenvalue weighted by atomic mass is 9.93. The molecule has 0 spiro atoms. The van der Waals surface area contributed by atoms with Crippen LogP contribution in [0, 0.1) is 5.41 Å². The van der Waals surface area contributed by atoms with E-state index in [4.69, 9.17) is 16.3 Å². The van der Waals surface area contributed by atoms with E-state index < -0.39 is 41.6 Å². The lowest BCUT2D eigenvalue weighted by Gasteiger charge is -2.25. The molecular weight excluding hydrogens is 713 g/mol. The van der Waals surface area contributed by atoms with Gasteiger partial charge in [-0.2, -0.15) is 28.1 Å². The summed E-state index contributed by atoms with van der Waals surface area (Å²) in [7, 11) is 0. The molecule has 0 bridgehead atoms. The normalized spacial score (nSPS) is 14.8. The minimum Gasteiger partial charge on any atom is -0.454 e. The first-order valence-electron chi connectivity index (χ1n) is 17.0. The van der Waals surface area contributed by atoms with Crippen molar-refractivity contribution >= 4 is 52.6 Å². The molecule has 1 heterocycles. The molecule has 0 aliphatic heterocycles. The van der Waals surface area contributed by atoms with E-state index in [0.29, 0.717) is 27.9 Å². The summed E-state index contributed by atoms with van der Waals surface area (Å²) in [6.45, 7) is 2.41. The number of benzene rings is 3. The molecule has 2 aliphatic carbocycles. The standard InChI is InChI=1S/C37H38ClF3N8O4/c1-35(2,20-43-30(51)31(52)45-28-6-4-3-5-27(28)22-7-8-22)19-42-29(50)23-9-15-26(16-10-23)44-32-46-33(48-34(47-32)53-21-37(39,40)41)49-36(17-18-36)24-11-13-25(38)14-12-24/h3-6,9-16,22H,7-8,17-21H2,1-2H3,(H,42,50)(H,43,51)(H,45,52)(H2,44,46,47,48,49). The average Bonchev–Trinajstić information content (AvgIpc) is 4.06. The summed E-state index contributed by atoms with van der Waals surface area (Å²) >= 11 is 6.04. The highest BCUT2D eigenvalue weighted by Gasteiger charge is 2.45. The Kier molecular flexibility index (Phi) is 10.8. The third-order valence-corrected chi connectivity index (χ3v) is 9.02. The number of aromatic nitrogens is 3. The largest absolute Gasteiger partial charge is 0.454 e. The SMILES string of the molecule is CC(C)(CNC(=O)C(=O)Nc1ccccc1C1CC1)CNC(=O)c1ccc(Nc2nc(NC3(c4ccc(Cl)cc4)CC3)nc(OCC(F)(F)F)n2)cc1. The van der Waals surface area contributed by atoms with Gasteiger partial charge in [0.2, 0.25) is 11.9 Å². The predicted molar refractivity (Wildman–Crippen MR) is 193 cm³/mol. The van der Waals surface area contributed by atoms with Crippen molar-refractivity contribution in [3.05, 3.63) is 94.5 Å². The van der Waals surface area contributed by atoms with Crippen LogP contribution in [0.15, 0.2) is 72.8 Å². The van der Waals surface area contributed by atoms with Crippen LogP contribution in [0.1, 0.15) is 66.9 Å². The number of carbonyl (C=O) groups is 3. The topological polar surface area (TPSA) is 159 Å². The zero-order valence-corrected chi connectivity index (χ0v) is 29.7. The van der Waals surface area contributed by atoms with E-state index in [1.807, 2.05) is 44.2 Å². The zero-order valence-electron chi connectivity index (χ0n) is 28.9. The summed E-state index contributed by atoms with van der Waals surface area (Å²) in [5.41, 5.74) is 2.24. The first-order valence-corrected chi connectivity index (χ1v) is 17.4. The van der Waals surface area contributed by atoms with E-state index in [0.717, 1.165) is 36.8 Å². The number of nitrogens with zero attached hydrogens (tertiary/aromatic N) is 3. The molecule has 6 rings (SSSR count). The monoisotopic (exact) mass is 750 g/mol. The summed E-state index contributed by atoms with van der Waals surface area (Å²) in [5, 5.41) is 14.9. The number of nitrogens with one attached hydrogen (secondary N) is 5. The number of ether oxygens (including phenoxy) is 1. The average molecular weight is 751 g/mol. The Bertz CT molecular complexity index is 1970. The summed E-state index contributed by atoms with van der Waals surface area (Å²) in [4.78, 5) is 50.6. The third-order valence-electron chi connectivity index (χ3n) is 8.77. The highest BCUT2D eigenvalue weighted by Crippen LogP contribution is 2.48. The van der Waals surface area contributed by atoms with Gasteiger partial charge in [-0.1, -0.05) is 55.8 Å². The van der Waals surface area contributed by atoms with E-state index in [2.05, 4.69) is 41.5 Å². The quantitative estimate of drug-likeness (QED) is 0.0885. The van der Waals surface area contributed by atoms with Crippen LogP contribution in [0.2, 0.25) is 5.02 Å². The molecule has 16 heteroatoms. The van der Waals surface area contributed by atoms with Gasteiger partial charge in [-0.05, 0) is 90.6 Å². The molecule has 0 radical (unpaired) electrons. The Hall–Kier alpha value is -5.44. The van der Waals surface area contributed by atoms with Gasteiger partial charge in [-0.15, -0.1) is 0 Å². The summed E-state index contributed by atoms with van der Waals surface area (Å²) in [5.74, 6) is -1.56. The second-order valence-corrected chi connectivity index (χ2v) is 14.4. The lowest BCUT2D eigenvalue weighted by molar-refractivity contribution is -0.154. The molecule has 0 unspecified atom stereocenters. The maximum Gasteiger partial charge on any atom is 0.422 e. The van der Waals surface area contributed by atoms with Crippen LogP contribution in [0.25, 0.3) is 0 Å². The van der Waals surface area contributed by atoms with Crippen LogP contribution in [-0.4, -0.2) is 58.5 Å². The maximum atomic E-state index is 13.0. The number of hydrogen-bond acceptors (Lipinski definition) is 9. The number of rotatable bonds is 14. The molecule has 2 fully saturated rings. The van der Waals surface area contributed by atoms with Crippen molar-refractivity contribution < 1.29 is 32.3 Å². The molecule has 2 aliphatic rings. The Morgan fingerprint density at radius 1 is 0.849 bits per heavy atom. The van der Waals surface area contributed by atoms with Crippen molar-refractivity contribution in [2.45, 2.75) is 57.2 Å². The Morgan fingerprint density at radius 3 is 2.17 bits per heavy atom. The van der Waals surface area contributed by atoms with Gasteiger partial charge < -0.3 is 31.3 Å². The molecular formula is C37H38ClF3N8O4. The van der Waals surface area contributed by atoms with Crippen LogP contribution < -0.4 is 31.3 Å². The van der Waals surface area contributed by atoms with Gasteiger partial charge >= 0.3 is 24.0 Å². The van der Waals surface area contributed by atoms with Gasteiger partial charge in [0.05, 0.1) is 5.54 Å². The summed E-state index contributed by atoms with van der Waals surface area (Å²) in [6, 6.07) is 20.4. The third kappa shape index (κ3) is 10.3. The number of halogens is 4. The van der Waals surface area contributed by atoms with Gasteiger partial charge in [-0.25, -0.2) is 0 Å². The zero-order chi connectivity index (χ0) is 37.8. The smallest absolute Gasteiger partial charge is 0.422 e. The fourth-order valence-corrected chi connectivity index (χ4v) is 5.66. The highest BCUT2D eigenvalue weighted by atomic mass is 35.5. The molecule has 53 heavy (non-hydrogen) atoms. The van der Waals surface area contributed by atoms with Crippen molar-refractivity contribution in [1.29, 1.82) is 0 Å². The van der Waals surface area contributed by atoms with Crippen LogP contribution >= 0.6 is 11.6 Å². The second-order valence-electron chi connectivity index (χ2n) is 13.9. The van der Waals surface area contributed by atoms with Crippen LogP contribution in [0.3, 0.4) is 0 Å². The van der Waals surface area contributed by atoms with Crippen molar-refractivity contribution in [3.8, 4) is 6.01 Å². The number of hydrogen-bond donors (Lipinski definition) is 5. The molecule has 5 N–H and O–H groups in total. The molecule has 3 aromatic carbocycles. The number of carbonyl (C=O) groups excluding carboxylic acids is 3. The Labute approximate surface area is 308 Å². The predicted octanol–water partition coefficient (Wildman–Crippen LogP) is 6.70. The first-order chi connectivity index (χ1) is 25.2. The highest BCUT2D eigenvalue weighted by molar-refractivity contribution is 6.39. The number of anilines is 4. The van der Waals surface area contributed by atoms with Gasteiger partial charge in [-0.3, -0.25) is 14.4 Å². The lowest BCUT2D eigenvalue weighted by Crippen LogP contribution is -2.45. The van der Waals surface area contributed by atoms with Crippen molar-refractivity contribution in [1.82, 2.24) is 25.6 Å². The fourth-order valence-electron chi connectivity index (χ4n) is 5.53. The summed E-state index contributed by atoms with van der Waals surface area (Å²) < 4.78 is 43.7. The Morgan fingerprint density at radius 2 is 1.51 bits per heavy atom. The van der Waals surface area contributed by atoms with E-state index in [1.165, 1.54) is 0 Å². The van der Waals surface area contributed by atoms with Gasteiger partial charge in [0.25, 0.3) is 5.91 Å². The van der Waals surface area contributed by atoms with Crippen LogP contribution in [0.4, 0.5) is 36.4 Å². The number of alkyl halides is 3. The second kappa shape index (κ2) is 15.3. The molecule has 278 valence electrons. The number of amides is 3.